The van der Waals surface area contributed by atoms with Gasteiger partial charge >= 0.3 is 12.1 Å². The number of nitrogens with zero attached hydrogens (tertiary/aromatic N) is 2. The molecule has 1 atom stereocenters. The lowest BCUT2D eigenvalue weighted by Gasteiger charge is -2.27. The van der Waals surface area contributed by atoms with Crippen LogP contribution in [0.15, 0.2) is 90.4 Å². The Morgan fingerprint density at radius 3 is 2.18 bits per heavy atom. The first-order valence-electron chi connectivity index (χ1n) is 11.2. The van der Waals surface area contributed by atoms with Gasteiger partial charge in [-0.15, -0.1) is 11.3 Å². The average Bonchev–Trinajstić information content (AvgIpc) is 3.53. The van der Waals surface area contributed by atoms with Gasteiger partial charge in [-0.05, 0) is 34.4 Å². The molecule has 4 aromatic rings. The number of nitrogens with one attached hydrogen (secondary N) is 1. The number of benzene rings is 3. The first-order chi connectivity index (χ1) is 18.1. The Balaban J connectivity index is 0.000000426. The van der Waals surface area contributed by atoms with Crippen molar-refractivity contribution in [1.29, 1.82) is 0 Å². The molecule has 0 radical (unpaired) electrons. The number of carbonyl (C=O) groups is 3. The molecule has 5 rings (SSSR count). The van der Waals surface area contributed by atoms with Gasteiger partial charge < -0.3 is 10.0 Å². The molecule has 2 amide bonds. The SMILES string of the molecule is O=C(Nc1nccs1)C(c1ccccc1)N1Cc2cc(-c3ccccc3)ccc2C1=O.O=C(O)C(F)(F)F. The Morgan fingerprint density at radius 1 is 0.974 bits per heavy atom. The van der Waals surface area contributed by atoms with Crippen molar-refractivity contribution >= 4 is 34.3 Å². The summed E-state index contributed by atoms with van der Waals surface area (Å²) in [6, 6.07) is 24.6. The predicted octanol–water partition coefficient (Wildman–Crippen LogP) is 5.78. The van der Waals surface area contributed by atoms with Gasteiger partial charge in [0.2, 0.25) is 0 Å². The van der Waals surface area contributed by atoms with Crippen molar-refractivity contribution in [2.24, 2.45) is 0 Å². The van der Waals surface area contributed by atoms with Crippen LogP contribution in [0.5, 0.6) is 0 Å². The first kappa shape index (κ1) is 26.6. The molecule has 0 fully saturated rings. The normalized spacial score (nSPS) is 13.2. The highest BCUT2D eigenvalue weighted by Crippen LogP contribution is 2.34. The van der Waals surface area contributed by atoms with Crippen LogP contribution in [0, 0.1) is 0 Å². The van der Waals surface area contributed by atoms with Gasteiger partial charge in [-0.3, -0.25) is 14.9 Å². The minimum Gasteiger partial charge on any atom is -0.475 e. The number of alkyl halides is 3. The average molecular weight is 540 g/mol. The standard InChI is InChI=1S/C25H19N3O2S.C2HF3O2/c29-23(27-25-26-13-14-31-25)22(18-9-5-2-6-10-18)28-16-20-15-19(11-12-21(20)24(28)30)17-7-3-1-4-8-17;3-2(4,5)1(6)7/h1-15,22H,16H2,(H,26,27,29);(H,6,7). The van der Waals surface area contributed by atoms with Gasteiger partial charge in [-0.25, -0.2) is 9.78 Å². The Bertz CT molecular complexity index is 1430. The maximum Gasteiger partial charge on any atom is 0.490 e. The number of hydrogen-bond acceptors (Lipinski definition) is 5. The van der Waals surface area contributed by atoms with E-state index in [1.807, 2.05) is 78.9 Å². The van der Waals surface area contributed by atoms with E-state index in [0.717, 1.165) is 22.3 Å². The largest absolute Gasteiger partial charge is 0.490 e. The van der Waals surface area contributed by atoms with Crippen molar-refractivity contribution in [2.75, 3.05) is 5.32 Å². The predicted molar refractivity (Wildman–Crippen MR) is 135 cm³/mol. The Kier molecular flexibility index (Phi) is 7.87. The van der Waals surface area contributed by atoms with Gasteiger partial charge in [-0.1, -0.05) is 66.7 Å². The first-order valence-corrected chi connectivity index (χ1v) is 12.1. The molecule has 1 aromatic heterocycles. The monoisotopic (exact) mass is 539 g/mol. The molecule has 7 nitrogen and oxygen atoms in total. The van der Waals surface area contributed by atoms with Crippen LogP contribution in [-0.2, 0) is 16.1 Å². The quantitative estimate of drug-likeness (QED) is 0.335. The lowest BCUT2D eigenvalue weighted by atomic mass is 10.0. The number of hydrogen-bond donors (Lipinski definition) is 2. The van der Waals surface area contributed by atoms with Gasteiger partial charge in [-0.2, -0.15) is 13.2 Å². The molecule has 194 valence electrons. The lowest BCUT2D eigenvalue weighted by molar-refractivity contribution is -0.192. The molecule has 0 aliphatic carbocycles. The van der Waals surface area contributed by atoms with E-state index in [2.05, 4.69) is 10.3 Å². The number of aliphatic carboxylic acids is 1. The molecule has 38 heavy (non-hydrogen) atoms. The molecule has 0 saturated carbocycles. The van der Waals surface area contributed by atoms with Crippen LogP contribution in [0.25, 0.3) is 11.1 Å². The minimum absolute atomic E-state index is 0.141. The van der Waals surface area contributed by atoms with Gasteiger partial charge in [0.25, 0.3) is 11.8 Å². The molecule has 1 aliphatic heterocycles. The molecule has 3 aromatic carbocycles. The molecule has 1 unspecified atom stereocenters. The summed E-state index contributed by atoms with van der Waals surface area (Å²) in [5.74, 6) is -3.17. The third-order valence-corrected chi connectivity index (χ3v) is 6.31. The number of carboxylic acid groups (broad SMARTS) is 1. The van der Waals surface area contributed by atoms with E-state index in [0.29, 0.717) is 17.2 Å². The molecule has 0 bridgehead atoms. The fourth-order valence-electron chi connectivity index (χ4n) is 3.93. The zero-order valence-corrected chi connectivity index (χ0v) is 20.4. The summed E-state index contributed by atoms with van der Waals surface area (Å²) in [7, 11) is 0. The number of aromatic nitrogens is 1. The van der Waals surface area contributed by atoms with Gasteiger partial charge in [0.1, 0.15) is 6.04 Å². The molecule has 0 spiro atoms. The highest BCUT2D eigenvalue weighted by atomic mass is 32.1. The van der Waals surface area contributed by atoms with Crippen molar-refractivity contribution in [2.45, 2.75) is 18.8 Å². The van der Waals surface area contributed by atoms with Gasteiger partial charge in [0, 0.05) is 23.7 Å². The smallest absolute Gasteiger partial charge is 0.475 e. The number of rotatable bonds is 5. The number of thiazole rings is 1. The summed E-state index contributed by atoms with van der Waals surface area (Å²) in [5, 5.41) is 12.3. The number of carboxylic acids is 1. The van der Waals surface area contributed by atoms with E-state index >= 15 is 0 Å². The highest BCUT2D eigenvalue weighted by Gasteiger charge is 2.39. The molecular formula is C27H20F3N3O4S. The fourth-order valence-corrected chi connectivity index (χ4v) is 4.46. The number of amides is 2. The maximum absolute atomic E-state index is 13.3. The topological polar surface area (TPSA) is 99.6 Å². The van der Waals surface area contributed by atoms with Crippen LogP contribution in [0.1, 0.15) is 27.5 Å². The number of anilines is 1. The van der Waals surface area contributed by atoms with Crippen LogP contribution in [0.3, 0.4) is 0 Å². The summed E-state index contributed by atoms with van der Waals surface area (Å²) >= 11 is 1.35. The Labute approximate surface area is 219 Å². The van der Waals surface area contributed by atoms with Crippen LogP contribution in [0.2, 0.25) is 0 Å². The molecule has 2 N–H and O–H groups in total. The van der Waals surface area contributed by atoms with E-state index in [9.17, 15) is 22.8 Å². The highest BCUT2D eigenvalue weighted by molar-refractivity contribution is 7.13. The van der Waals surface area contributed by atoms with E-state index in [1.54, 1.807) is 16.5 Å². The van der Waals surface area contributed by atoms with Crippen molar-refractivity contribution < 1.29 is 32.7 Å². The molecule has 1 aliphatic rings. The third-order valence-electron chi connectivity index (χ3n) is 5.62. The van der Waals surface area contributed by atoms with Crippen LogP contribution >= 0.6 is 11.3 Å². The molecular weight excluding hydrogens is 519 g/mol. The second-order valence-electron chi connectivity index (χ2n) is 8.11. The van der Waals surface area contributed by atoms with Crippen LogP contribution in [0.4, 0.5) is 18.3 Å². The summed E-state index contributed by atoms with van der Waals surface area (Å²) in [5.41, 5.74) is 4.48. The Hall–Kier alpha value is -4.51. The second-order valence-corrected chi connectivity index (χ2v) is 9.01. The van der Waals surface area contributed by atoms with E-state index in [4.69, 9.17) is 9.90 Å². The zero-order valence-electron chi connectivity index (χ0n) is 19.6. The number of carbonyl (C=O) groups excluding carboxylic acids is 2. The van der Waals surface area contributed by atoms with Crippen LogP contribution < -0.4 is 5.32 Å². The zero-order chi connectivity index (χ0) is 27.3. The Morgan fingerprint density at radius 2 is 1.61 bits per heavy atom. The second kappa shape index (κ2) is 11.3. The van der Waals surface area contributed by atoms with E-state index < -0.39 is 18.2 Å². The summed E-state index contributed by atoms with van der Waals surface area (Å²) in [6.45, 7) is 0.375. The summed E-state index contributed by atoms with van der Waals surface area (Å²) < 4.78 is 31.7. The van der Waals surface area contributed by atoms with Crippen molar-refractivity contribution in [1.82, 2.24) is 9.88 Å². The van der Waals surface area contributed by atoms with Gasteiger partial charge in [0.15, 0.2) is 5.13 Å². The summed E-state index contributed by atoms with van der Waals surface area (Å²) in [6.07, 6.45) is -3.44. The molecule has 11 heteroatoms. The summed E-state index contributed by atoms with van der Waals surface area (Å²) in [4.78, 5) is 41.2. The van der Waals surface area contributed by atoms with E-state index in [1.165, 1.54) is 11.3 Å². The third kappa shape index (κ3) is 6.06. The van der Waals surface area contributed by atoms with Crippen LogP contribution in [-0.4, -0.2) is 39.0 Å². The molecule has 0 saturated heterocycles. The van der Waals surface area contributed by atoms with Gasteiger partial charge in [0.05, 0.1) is 0 Å². The lowest BCUT2D eigenvalue weighted by Crippen LogP contribution is -2.37. The van der Waals surface area contributed by atoms with E-state index in [-0.39, 0.29) is 11.8 Å². The fraction of sp³-hybridized carbons (Fsp3) is 0.111. The number of fused-ring (bicyclic) bond motifs is 1. The number of halogens is 3. The van der Waals surface area contributed by atoms with Crippen molar-refractivity contribution in [3.05, 3.63) is 107 Å². The minimum atomic E-state index is -5.08. The molecule has 2 heterocycles. The maximum atomic E-state index is 13.3. The van der Waals surface area contributed by atoms with Crippen molar-refractivity contribution in [3.63, 3.8) is 0 Å². The van der Waals surface area contributed by atoms with Crippen molar-refractivity contribution in [3.8, 4) is 11.1 Å².